The van der Waals surface area contributed by atoms with Crippen molar-refractivity contribution in [2.75, 3.05) is 0 Å². The van der Waals surface area contributed by atoms with Crippen molar-refractivity contribution in [1.29, 1.82) is 0 Å². The molecule has 1 atom stereocenters. The topological polar surface area (TPSA) is 64.1 Å². The van der Waals surface area contributed by atoms with Gasteiger partial charge in [0.15, 0.2) is 6.23 Å². The molecule has 0 spiro atoms. The molecule has 0 aliphatic carbocycles. The summed E-state index contributed by atoms with van der Waals surface area (Å²) in [7, 11) is 0. The van der Waals surface area contributed by atoms with Crippen LogP contribution in [0, 0.1) is 5.82 Å². The highest BCUT2D eigenvalue weighted by atomic mass is 19.1. The van der Waals surface area contributed by atoms with E-state index in [1.807, 2.05) is 4.98 Å². The lowest BCUT2D eigenvalue weighted by molar-refractivity contribution is 0.0926. The summed E-state index contributed by atoms with van der Waals surface area (Å²) >= 11 is 0. The minimum absolute atomic E-state index is 0.546. The molecule has 80 valence electrons. The van der Waals surface area contributed by atoms with E-state index in [2.05, 4.69) is 6.58 Å². The van der Waals surface area contributed by atoms with E-state index in [0.717, 1.165) is 10.8 Å². The molecule has 15 heavy (non-hydrogen) atoms. The number of halogens is 1. The van der Waals surface area contributed by atoms with Crippen LogP contribution in [0.2, 0.25) is 0 Å². The van der Waals surface area contributed by atoms with Crippen molar-refractivity contribution in [1.82, 2.24) is 9.55 Å². The van der Waals surface area contributed by atoms with Crippen molar-refractivity contribution in [3.05, 3.63) is 45.2 Å². The van der Waals surface area contributed by atoms with Crippen LogP contribution in [-0.2, 0) is 4.74 Å². The fourth-order valence-electron chi connectivity index (χ4n) is 1.47. The lowest BCUT2D eigenvalue weighted by atomic mass is 10.3. The summed E-state index contributed by atoms with van der Waals surface area (Å²) < 4.78 is 19.2. The Labute approximate surface area is 83.8 Å². The van der Waals surface area contributed by atoms with E-state index < -0.39 is 23.3 Å². The number of rotatable bonds is 1. The molecule has 0 aromatic carbocycles. The van der Waals surface area contributed by atoms with Gasteiger partial charge in [-0.3, -0.25) is 14.3 Å². The molecule has 5 nitrogen and oxygen atoms in total. The van der Waals surface area contributed by atoms with Crippen LogP contribution in [0.15, 0.2) is 28.1 Å². The van der Waals surface area contributed by atoms with Crippen LogP contribution in [0.1, 0.15) is 19.1 Å². The molecular weight excluding hydrogens is 203 g/mol. The van der Waals surface area contributed by atoms with Crippen LogP contribution in [0.3, 0.4) is 0 Å². The van der Waals surface area contributed by atoms with Crippen molar-refractivity contribution in [3.8, 4) is 0 Å². The summed E-state index contributed by atoms with van der Waals surface area (Å²) in [6.07, 6.45) is 1.45. The van der Waals surface area contributed by atoms with E-state index in [1.54, 1.807) is 0 Å². The summed E-state index contributed by atoms with van der Waals surface area (Å²) in [4.78, 5) is 24.0. The zero-order valence-electron chi connectivity index (χ0n) is 7.83. The second-order valence-corrected chi connectivity index (χ2v) is 3.29. The van der Waals surface area contributed by atoms with Gasteiger partial charge in [0.05, 0.1) is 12.0 Å². The average Bonchev–Trinajstić information content (AvgIpc) is 2.58. The predicted molar refractivity (Wildman–Crippen MR) is 49.8 cm³/mol. The monoisotopic (exact) mass is 212 g/mol. The van der Waals surface area contributed by atoms with Crippen LogP contribution in [0.4, 0.5) is 4.39 Å². The van der Waals surface area contributed by atoms with Gasteiger partial charge in [0.2, 0.25) is 5.82 Å². The Balaban J connectivity index is 2.45. The van der Waals surface area contributed by atoms with Gasteiger partial charge in [-0.15, -0.1) is 0 Å². The van der Waals surface area contributed by atoms with Gasteiger partial charge in [-0.05, 0) is 0 Å². The van der Waals surface area contributed by atoms with Crippen LogP contribution in [-0.4, -0.2) is 9.55 Å². The first-order chi connectivity index (χ1) is 7.08. The van der Waals surface area contributed by atoms with Crippen molar-refractivity contribution in [3.63, 3.8) is 0 Å². The lowest BCUT2D eigenvalue weighted by Crippen LogP contribution is -2.33. The second kappa shape index (κ2) is 3.38. The summed E-state index contributed by atoms with van der Waals surface area (Å²) in [5, 5.41) is 0. The number of nitrogens with one attached hydrogen (secondary N) is 1. The molecule has 0 saturated carbocycles. The number of ether oxygens (including phenoxy) is 1. The zero-order chi connectivity index (χ0) is 11.0. The van der Waals surface area contributed by atoms with Gasteiger partial charge in [0, 0.05) is 12.8 Å². The highest BCUT2D eigenvalue weighted by molar-refractivity contribution is 4.94. The highest BCUT2D eigenvalue weighted by Gasteiger charge is 2.22. The summed E-state index contributed by atoms with van der Waals surface area (Å²) in [5.74, 6) is -0.450. The molecule has 6 heteroatoms. The number of hydrogen-bond acceptors (Lipinski definition) is 3. The molecule has 1 aliphatic rings. The van der Waals surface area contributed by atoms with Gasteiger partial charge in [0.25, 0.3) is 5.56 Å². The predicted octanol–water partition coefficient (Wildman–Crippen LogP) is 0.498. The molecule has 1 aromatic heterocycles. The number of aromatic amines is 1. The maximum atomic E-state index is 12.9. The van der Waals surface area contributed by atoms with Crippen molar-refractivity contribution < 1.29 is 9.13 Å². The SMILES string of the molecule is C=C1CCC(n2cc(F)c(=O)[nH]c2=O)O1. The number of hydrogen-bond donors (Lipinski definition) is 1. The summed E-state index contributed by atoms with van der Waals surface area (Å²) in [6, 6.07) is 0. The smallest absolute Gasteiger partial charge is 0.331 e. The molecule has 1 aliphatic heterocycles. The van der Waals surface area contributed by atoms with Crippen LogP contribution in [0.25, 0.3) is 0 Å². The van der Waals surface area contributed by atoms with Crippen molar-refractivity contribution in [2.45, 2.75) is 19.1 Å². The number of aromatic nitrogens is 2. The van der Waals surface area contributed by atoms with E-state index in [1.165, 1.54) is 0 Å². The molecule has 0 radical (unpaired) electrons. The third-order valence-electron chi connectivity index (χ3n) is 2.21. The highest BCUT2D eigenvalue weighted by Crippen LogP contribution is 2.28. The van der Waals surface area contributed by atoms with Gasteiger partial charge in [-0.1, -0.05) is 6.58 Å². The molecule has 1 fully saturated rings. The Morgan fingerprint density at radius 3 is 2.93 bits per heavy atom. The Morgan fingerprint density at radius 2 is 2.33 bits per heavy atom. The standard InChI is InChI=1S/C9H9FN2O3/c1-5-2-3-7(15-5)12-4-6(10)8(13)11-9(12)14/h4,7H,1-3H2,(H,11,13,14). The van der Waals surface area contributed by atoms with Crippen LogP contribution in [0.5, 0.6) is 0 Å². The first-order valence-corrected chi connectivity index (χ1v) is 4.43. The van der Waals surface area contributed by atoms with Gasteiger partial charge in [-0.2, -0.15) is 4.39 Å². The molecule has 1 unspecified atom stereocenters. The zero-order valence-corrected chi connectivity index (χ0v) is 7.83. The minimum atomic E-state index is -1.02. The molecular formula is C9H9FN2O3. The molecule has 0 amide bonds. The average molecular weight is 212 g/mol. The van der Waals surface area contributed by atoms with E-state index in [0.29, 0.717) is 18.6 Å². The van der Waals surface area contributed by atoms with Gasteiger partial charge in [0.1, 0.15) is 0 Å². The van der Waals surface area contributed by atoms with Gasteiger partial charge < -0.3 is 4.74 Å². The number of nitrogens with zero attached hydrogens (tertiary/aromatic N) is 1. The van der Waals surface area contributed by atoms with E-state index in [9.17, 15) is 14.0 Å². The Hall–Kier alpha value is -1.85. The third kappa shape index (κ3) is 1.70. The third-order valence-corrected chi connectivity index (χ3v) is 2.21. The second-order valence-electron chi connectivity index (χ2n) is 3.29. The molecule has 2 rings (SSSR count). The molecule has 0 bridgehead atoms. The number of H-pyrrole nitrogens is 1. The minimum Gasteiger partial charge on any atom is -0.475 e. The van der Waals surface area contributed by atoms with Crippen molar-refractivity contribution >= 4 is 0 Å². The quantitative estimate of drug-likeness (QED) is 0.737. The van der Waals surface area contributed by atoms with E-state index in [4.69, 9.17) is 4.74 Å². The van der Waals surface area contributed by atoms with E-state index >= 15 is 0 Å². The van der Waals surface area contributed by atoms with Crippen LogP contribution < -0.4 is 11.2 Å². The van der Waals surface area contributed by atoms with Crippen LogP contribution >= 0.6 is 0 Å². The lowest BCUT2D eigenvalue weighted by Gasteiger charge is -2.12. The molecule has 1 aromatic rings. The summed E-state index contributed by atoms with van der Waals surface area (Å²) in [5.41, 5.74) is -1.70. The molecule has 2 heterocycles. The first-order valence-electron chi connectivity index (χ1n) is 4.43. The molecule has 1 N–H and O–H groups in total. The van der Waals surface area contributed by atoms with E-state index in [-0.39, 0.29) is 0 Å². The maximum absolute atomic E-state index is 12.9. The Bertz CT molecular complexity index is 517. The summed E-state index contributed by atoms with van der Waals surface area (Å²) in [6.45, 7) is 3.60. The Morgan fingerprint density at radius 1 is 1.60 bits per heavy atom. The fraction of sp³-hybridized carbons (Fsp3) is 0.333. The normalized spacial score (nSPS) is 20.3. The van der Waals surface area contributed by atoms with Crippen molar-refractivity contribution in [2.24, 2.45) is 0 Å². The van der Waals surface area contributed by atoms with Gasteiger partial charge in [-0.25, -0.2) is 4.79 Å². The number of allylic oxidation sites excluding steroid dienone is 1. The maximum Gasteiger partial charge on any atom is 0.331 e. The van der Waals surface area contributed by atoms with Gasteiger partial charge >= 0.3 is 5.69 Å². The Kier molecular flexibility index (Phi) is 2.18. The largest absolute Gasteiger partial charge is 0.475 e. The first kappa shape index (κ1) is 9.70. The molecule has 1 saturated heterocycles. The fourth-order valence-corrected chi connectivity index (χ4v) is 1.47.